The van der Waals surface area contributed by atoms with E-state index in [0.29, 0.717) is 13.2 Å². The van der Waals surface area contributed by atoms with Gasteiger partial charge in [-0.2, -0.15) is 0 Å². The van der Waals surface area contributed by atoms with Crippen LogP contribution in [-0.2, 0) is 19.1 Å². The molecule has 122 valence electrons. The van der Waals surface area contributed by atoms with Crippen LogP contribution in [0.4, 0.5) is 0 Å². The Morgan fingerprint density at radius 3 is 2.14 bits per heavy atom. The second-order valence-corrected chi connectivity index (χ2v) is 5.94. The molecule has 0 radical (unpaired) electrons. The first-order valence-electron chi connectivity index (χ1n) is 8.53. The Kier molecular flexibility index (Phi) is 9.92. The van der Waals surface area contributed by atoms with Gasteiger partial charge in [-0.05, 0) is 18.8 Å². The van der Waals surface area contributed by atoms with Crippen LogP contribution in [0.25, 0.3) is 0 Å². The minimum absolute atomic E-state index is 0.133. The van der Waals surface area contributed by atoms with Gasteiger partial charge in [-0.3, -0.25) is 9.59 Å². The van der Waals surface area contributed by atoms with E-state index in [9.17, 15) is 9.59 Å². The molecule has 1 saturated carbocycles. The molecule has 0 aromatic heterocycles. The van der Waals surface area contributed by atoms with Gasteiger partial charge in [0.2, 0.25) is 0 Å². The van der Waals surface area contributed by atoms with Gasteiger partial charge in [0.05, 0.1) is 26.1 Å². The van der Waals surface area contributed by atoms with Crippen molar-refractivity contribution in [2.75, 3.05) is 13.2 Å². The van der Waals surface area contributed by atoms with E-state index >= 15 is 0 Å². The second-order valence-electron chi connectivity index (χ2n) is 5.94. The Hall–Kier alpha value is -1.06. The van der Waals surface area contributed by atoms with E-state index in [1.165, 1.54) is 32.1 Å². The Bertz CT molecular complexity index is 295. The predicted molar refractivity (Wildman–Crippen MR) is 81.9 cm³/mol. The van der Waals surface area contributed by atoms with Gasteiger partial charge in [-0.1, -0.05) is 51.9 Å². The van der Waals surface area contributed by atoms with Crippen molar-refractivity contribution in [1.29, 1.82) is 0 Å². The molecule has 1 rings (SSSR count). The average Bonchev–Trinajstić information content (AvgIpc) is 2.50. The zero-order valence-electron chi connectivity index (χ0n) is 13.4. The van der Waals surface area contributed by atoms with E-state index in [1.807, 2.05) is 0 Å². The van der Waals surface area contributed by atoms with Crippen molar-refractivity contribution in [2.24, 2.45) is 5.92 Å². The highest BCUT2D eigenvalue weighted by Gasteiger charge is 2.14. The van der Waals surface area contributed by atoms with E-state index in [0.717, 1.165) is 31.6 Å². The third kappa shape index (κ3) is 9.48. The third-order valence-corrected chi connectivity index (χ3v) is 4.06. The molecule has 0 N–H and O–H groups in total. The topological polar surface area (TPSA) is 52.6 Å². The fraction of sp³-hybridized carbons (Fsp3) is 0.882. The molecule has 0 amide bonds. The van der Waals surface area contributed by atoms with Gasteiger partial charge < -0.3 is 9.47 Å². The summed E-state index contributed by atoms with van der Waals surface area (Å²) in [6, 6.07) is 0. The van der Waals surface area contributed by atoms with Crippen molar-refractivity contribution in [2.45, 2.75) is 77.6 Å². The number of carbonyl (C=O) groups excluding carboxylic acids is 2. The molecule has 1 fully saturated rings. The smallest absolute Gasteiger partial charge is 0.306 e. The number of carbonyl (C=O) groups is 2. The Morgan fingerprint density at radius 2 is 1.52 bits per heavy atom. The van der Waals surface area contributed by atoms with Gasteiger partial charge in [0.1, 0.15) is 0 Å². The SMILES string of the molecule is CCCCCOC(=O)CCC(=O)OCCC1CCCCC1. The quantitative estimate of drug-likeness (QED) is 0.451. The van der Waals surface area contributed by atoms with E-state index in [4.69, 9.17) is 9.47 Å². The number of hydrogen-bond acceptors (Lipinski definition) is 4. The molecule has 0 aromatic rings. The Labute approximate surface area is 128 Å². The number of esters is 2. The molecule has 0 heterocycles. The first kappa shape index (κ1) is 18.0. The third-order valence-electron chi connectivity index (χ3n) is 4.06. The van der Waals surface area contributed by atoms with Crippen LogP contribution in [0, 0.1) is 5.92 Å². The van der Waals surface area contributed by atoms with Gasteiger partial charge in [0.15, 0.2) is 0 Å². The van der Waals surface area contributed by atoms with Crippen LogP contribution >= 0.6 is 0 Å². The highest BCUT2D eigenvalue weighted by Crippen LogP contribution is 2.26. The molecule has 0 bridgehead atoms. The molecule has 0 saturated heterocycles. The minimum Gasteiger partial charge on any atom is -0.466 e. The Morgan fingerprint density at radius 1 is 0.905 bits per heavy atom. The van der Waals surface area contributed by atoms with Crippen molar-refractivity contribution in [1.82, 2.24) is 0 Å². The van der Waals surface area contributed by atoms with Crippen LogP contribution in [0.3, 0.4) is 0 Å². The molecule has 1 aliphatic rings. The largest absolute Gasteiger partial charge is 0.466 e. The minimum atomic E-state index is -0.296. The maximum atomic E-state index is 11.5. The molecule has 0 atom stereocenters. The zero-order valence-corrected chi connectivity index (χ0v) is 13.4. The highest BCUT2D eigenvalue weighted by molar-refractivity contribution is 5.77. The van der Waals surface area contributed by atoms with Crippen molar-refractivity contribution in [3.63, 3.8) is 0 Å². The summed E-state index contributed by atoms with van der Waals surface area (Å²) >= 11 is 0. The van der Waals surface area contributed by atoms with E-state index < -0.39 is 0 Å². The first-order valence-corrected chi connectivity index (χ1v) is 8.53. The van der Waals surface area contributed by atoms with E-state index in [2.05, 4.69) is 6.92 Å². The normalized spacial score (nSPS) is 15.7. The van der Waals surface area contributed by atoms with Crippen LogP contribution < -0.4 is 0 Å². The van der Waals surface area contributed by atoms with Crippen molar-refractivity contribution in [3.8, 4) is 0 Å². The molecule has 4 nitrogen and oxygen atoms in total. The summed E-state index contributed by atoms with van der Waals surface area (Å²) in [5.74, 6) is 0.140. The molecule has 1 aliphatic carbocycles. The fourth-order valence-corrected chi connectivity index (χ4v) is 2.70. The average molecular weight is 298 g/mol. The lowest BCUT2D eigenvalue weighted by atomic mass is 9.87. The monoisotopic (exact) mass is 298 g/mol. The van der Waals surface area contributed by atoms with Crippen LogP contribution in [0.2, 0.25) is 0 Å². The summed E-state index contributed by atoms with van der Waals surface area (Å²) in [5, 5.41) is 0. The molecule has 0 spiro atoms. The predicted octanol–water partition coefficient (Wildman–Crippen LogP) is 4.01. The summed E-state index contributed by atoms with van der Waals surface area (Å²) in [6.45, 7) is 3.06. The van der Waals surface area contributed by atoms with Crippen LogP contribution in [0.15, 0.2) is 0 Å². The molecular weight excluding hydrogens is 268 g/mol. The maximum absolute atomic E-state index is 11.5. The number of hydrogen-bond donors (Lipinski definition) is 0. The molecule has 4 heteroatoms. The van der Waals surface area contributed by atoms with Crippen molar-refractivity contribution in [3.05, 3.63) is 0 Å². The van der Waals surface area contributed by atoms with Gasteiger partial charge in [-0.25, -0.2) is 0 Å². The van der Waals surface area contributed by atoms with Crippen molar-refractivity contribution >= 4 is 11.9 Å². The van der Waals surface area contributed by atoms with Gasteiger partial charge in [-0.15, -0.1) is 0 Å². The summed E-state index contributed by atoms with van der Waals surface area (Å²) in [6.07, 6.45) is 10.8. The summed E-state index contributed by atoms with van der Waals surface area (Å²) < 4.78 is 10.2. The Balaban J connectivity index is 1.96. The fourth-order valence-electron chi connectivity index (χ4n) is 2.70. The lowest BCUT2D eigenvalue weighted by Crippen LogP contribution is -2.14. The molecule has 0 unspecified atom stereocenters. The van der Waals surface area contributed by atoms with E-state index in [-0.39, 0.29) is 24.8 Å². The zero-order chi connectivity index (χ0) is 15.3. The standard InChI is InChI=1S/C17H30O4/c1-2-3-7-13-20-16(18)10-11-17(19)21-14-12-15-8-5-4-6-9-15/h15H,2-14H2,1H3. The highest BCUT2D eigenvalue weighted by atomic mass is 16.5. The van der Waals surface area contributed by atoms with E-state index in [1.54, 1.807) is 0 Å². The molecular formula is C17H30O4. The van der Waals surface area contributed by atoms with Gasteiger partial charge in [0.25, 0.3) is 0 Å². The molecule has 0 aromatic carbocycles. The van der Waals surface area contributed by atoms with Crippen LogP contribution in [0.1, 0.15) is 77.6 Å². The van der Waals surface area contributed by atoms with Crippen LogP contribution in [-0.4, -0.2) is 25.2 Å². The van der Waals surface area contributed by atoms with Crippen LogP contribution in [0.5, 0.6) is 0 Å². The number of rotatable bonds is 10. The second kappa shape index (κ2) is 11.6. The maximum Gasteiger partial charge on any atom is 0.306 e. The number of ether oxygens (including phenoxy) is 2. The summed E-state index contributed by atoms with van der Waals surface area (Å²) in [7, 11) is 0. The van der Waals surface area contributed by atoms with Gasteiger partial charge in [0, 0.05) is 0 Å². The van der Waals surface area contributed by atoms with Gasteiger partial charge >= 0.3 is 11.9 Å². The summed E-state index contributed by atoms with van der Waals surface area (Å²) in [5.41, 5.74) is 0. The lowest BCUT2D eigenvalue weighted by molar-refractivity contribution is -0.150. The first-order chi connectivity index (χ1) is 10.2. The van der Waals surface area contributed by atoms with Crippen molar-refractivity contribution < 1.29 is 19.1 Å². The lowest BCUT2D eigenvalue weighted by Gasteiger charge is -2.21. The summed E-state index contributed by atoms with van der Waals surface area (Å²) in [4.78, 5) is 22.9. The number of unbranched alkanes of at least 4 members (excludes halogenated alkanes) is 2. The molecule has 21 heavy (non-hydrogen) atoms. The molecule has 0 aliphatic heterocycles.